The van der Waals surface area contributed by atoms with Crippen molar-refractivity contribution in [1.29, 1.82) is 0 Å². The van der Waals surface area contributed by atoms with Crippen LogP contribution in [0, 0.1) is 0 Å². The van der Waals surface area contributed by atoms with Crippen molar-refractivity contribution in [2.24, 2.45) is 7.05 Å². The van der Waals surface area contributed by atoms with E-state index in [4.69, 9.17) is 10.5 Å². The Hall–Kier alpha value is -2.50. The van der Waals surface area contributed by atoms with Crippen molar-refractivity contribution in [3.05, 3.63) is 42.2 Å². The van der Waals surface area contributed by atoms with Crippen LogP contribution in [0.4, 0.5) is 5.69 Å². The summed E-state index contributed by atoms with van der Waals surface area (Å²) in [6, 6.07) is 8.90. The molecule has 1 amide bonds. The number of anilines is 1. The number of hydrogen-bond donors (Lipinski definition) is 2. The first-order valence-corrected chi connectivity index (χ1v) is 5.92. The number of ether oxygens (including phenoxy) is 1. The number of nitrogen functional groups attached to an aromatic ring is 1. The number of carbonyl (C=O) groups is 1. The Morgan fingerprint density at radius 1 is 1.42 bits per heavy atom. The second-order valence-electron chi connectivity index (χ2n) is 3.98. The average molecular weight is 260 g/mol. The molecule has 6 nitrogen and oxygen atoms in total. The molecule has 0 aliphatic carbocycles. The Bertz CT molecular complexity index is 565. The number of benzene rings is 1. The molecule has 1 aromatic carbocycles. The van der Waals surface area contributed by atoms with Crippen LogP contribution in [0.3, 0.4) is 0 Å². The van der Waals surface area contributed by atoms with Gasteiger partial charge in [-0.15, -0.1) is 0 Å². The molecular weight excluding hydrogens is 244 g/mol. The maximum absolute atomic E-state index is 11.8. The minimum atomic E-state index is -0.176. The number of nitrogens with one attached hydrogen (secondary N) is 1. The van der Waals surface area contributed by atoms with E-state index in [1.165, 1.54) is 4.68 Å². The predicted octanol–water partition coefficient (Wildman–Crippen LogP) is 0.811. The molecule has 3 N–H and O–H groups in total. The van der Waals surface area contributed by atoms with Gasteiger partial charge in [0.1, 0.15) is 18.1 Å². The van der Waals surface area contributed by atoms with Gasteiger partial charge in [0.05, 0.1) is 12.2 Å². The van der Waals surface area contributed by atoms with Crippen LogP contribution >= 0.6 is 0 Å². The molecule has 0 aliphatic rings. The zero-order valence-corrected chi connectivity index (χ0v) is 10.7. The molecule has 0 saturated carbocycles. The number of hydrogen-bond acceptors (Lipinski definition) is 4. The third-order valence-corrected chi connectivity index (χ3v) is 2.62. The number of rotatable bonds is 5. The van der Waals surface area contributed by atoms with Gasteiger partial charge < -0.3 is 15.8 Å². The van der Waals surface area contributed by atoms with Crippen molar-refractivity contribution in [3.63, 3.8) is 0 Å². The normalized spacial score (nSPS) is 10.2. The van der Waals surface area contributed by atoms with E-state index in [-0.39, 0.29) is 5.91 Å². The standard InChI is InChI=1S/C13H16N4O2/c1-17-11(6-7-16-17)13(18)15-8-9-19-12-5-3-2-4-10(12)14/h2-7H,8-9,14H2,1H3,(H,15,18). The fraction of sp³-hybridized carbons (Fsp3) is 0.231. The first kappa shape index (κ1) is 12.9. The molecule has 2 aromatic rings. The first-order chi connectivity index (χ1) is 9.18. The van der Waals surface area contributed by atoms with Crippen LogP contribution in [-0.2, 0) is 7.05 Å². The molecule has 0 atom stereocenters. The largest absolute Gasteiger partial charge is 0.490 e. The number of nitrogens with zero attached hydrogens (tertiary/aromatic N) is 2. The van der Waals surface area contributed by atoms with Gasteiger partial charge in [-0.05, 0) is 18.2 Å². The Labute approximate surface area is 111 Å². The zero-order valence-electron chi connectivity index (χ0n) is 10.7. The van der Waals surface area contributed by atoms with Crippen molar-refractivity contribution in [3.8, 4) is 5.75 Å². The van der Waals surface area contributed by atoms with E-state index in [1.807, 2.05) is 12.1 Å². The molecule has 0 radical (unpaired) electrons. The number of aryl methyl sites for hydroxylation is 1. The second kappa shape index (κ2) is 5.90. The van der Waals surface area contributed by atoms with Gasteiger partial charge in [0.2, 0.25) is 0 Å². The number of amides is 1. The van der Waals surface area contributed by atoms with Gasteiger partial charge in [0, 0.05) is 13.2 Å². The molecular formula is C13H16N4O2. The molecule has 0 spiro atoms. The van der Waals surface area contributed by atoms with Crippen molar-refractivity contribution in [1.82, 2.24) is 15.1 Å². The molecule has 1 heterocycles. The van der Waals surface area contributed by atoms with Crippen LogP contribution in [0.25, 0.3) is 0 Å². The van der Waals surface area contributed by atoms with Gasteiger partial charge in [-0.25, -0.2) is 0 Å². The second-order valence-corrected chi connectivity index (χ2v) is 3.98. The molecule has 0 fully saturated rings. The lowest BCUT2D eigenvalue weighted by molar-refractivity contribution is 0.0937. The topological polar surface area (TPSA) is 82.2 Å². The van der Waals surface area contributed by atoms with E-state index in [0.29, 0.717) is 30.3 Å². The van der Waals surface area contributed by atoms with E-state index in [0.717, 1.165) is 0 Å². The van der Waals surface area contributed by atoms with Gasteiger partial charge in [-0.3, -0.25) is 9.48 Å². The van der Waals surface area contributed by atoms with Crippen LogP contribution in [-0.4, -0.2) is 28.8 Å². The molecule has 0 unspecified atom stereocenters. The van der Waals surface area contributed by atoms with Crippen LogP contribution < -0.4 is 15.8 Å². The lowest BCUT2D eigenvalue weighted by Crippen LogP contribution is -2.29. The van der Waals surface area contributed by atoms with Gasteiger partial charge in [0.25, 0.3) is 5.91 Å². The third kappa shape index (κ3) is 3.25. The highest BCUT2D eigenvalue weighted by Crippen LogP contribution is 2.19. The number of nitrogens with two attached hydrogens (primary N) is 1. The van der Waals surface area contributed by atoms with Crippen LogP contribution in [0.2, 0.25) is 0 Å². The van der Waals surface area contributed by atoms with Gasteiger partial charge in [-0.2, -0.15) is 5.10 Å². The van der Waals surface area contributed by atoms with Crippen molar-refractivity contribution in [2.75, 3.05) is 18.9 Å². The summed E-state index contributed by atoms with van der Waals surface area (Å²) in [6.07, 6.45) is 1.58. The number of aromatic nitrogens is 2. The molecule has 0 saturated heterocycles. The monoisotopic (exact) mass is 260 g/mol. The molecule has 0 aliphatic heterocycles. The smallest absolute Gasteiger partial charge is 0.269 e. The van der Waals surface area contributed by atoms with Gasteiger partial charge in [-0.1, -0.05) is 12.1 Å². The quantitative estimate of drug-likeness (QED) is 0.615. The van der Waals surface area contributed by atoms with E-state index in [1.54, 1.807) is 31.4 Å². The maximum Gasteiger partial charge on any atom is 0.269 e. The average Bonchev–Trinajstić information content (AvgIpc) is 2.82. The number of carbonyl (C=O) groups excluding carboxylic acids is 1. The molecule has 0 bridgehead atoms. The molecule has 2 rings (SSSR count). The highest BCUT2D eigenvalue weighted by Gasteiger charge is 2.08. The molecule has 1 aromatic heterocycles. The maximum atomic E-state index is 11.8. The first-order valence-electron chi connectivity index (χ1n) is 5.92. The molecule has 100 valence electrons. The van der Waals surface area contributed by atoms with Gasteiger partial charge >= 0.3 is 0 Å². The highest BCUT2D eigenvalue weighted by molar-refractivity contribution is 5.92. The summed E-state index contributed by atoms with van der Waals surface area (Å²) < 4.78 is 6.99. The Morgan fingerprint density at radius 3 is 2.89 bits per heavy atom. The Kier molecular flexibility index (Phi) is 4.02. The van der Waals surface area contributed by atoms with Crippen LogP contribution in [0.1, 0.15) is 10.5 Å². The lowest BCUT2D eigenvalue weighted by atomic mass is 10.3. The Morgan fingerprint density at radius 2 is 2.21 bits per heavy atom. The summed E-state index contributed by atoms with van der Waals surface area (Å²) in [5.74, 6) is 0.446. The fourth-order valence-corrected chi connectivity index (χ4v) is 1.62. The molecule has 6 heteroatoms. The van der Waals surface area contributed by atoms with E-state index in [9.17, 15) is 4.79 Å². The summed E-state index contributed by atoms with van der Waals surface area (Å²) in [6.45, 7) is 0.760. The highest BCUT2D eigenvalue weighted by atomic mass is 16.5. The van der Waals surface area contributed by atoms with E-state index < -0.39 is 0 Å². The summed E-state index contributed by atoms with van der Waals surface area (Å²) in [7, 11) is 1.72. The summed E-state index contributed by atoms with van der Waals surface area (Å²) in [5.41, 5.74) is 6.83. The zero-order chi connectivity index (χ0) is 13.7. The van der Waals surface area contributed by atoms with E-state index >= 15 is 0 Å². The van der Waals surface area contributed by atoms with Crippen molar-refractivity contribution in [2.45, 2.75) is 0 Å². The van der Waals surface area contributed by atoms with Crippen LogP contribution in [0.5, 0.6) is 5.75 Å². The summed E-state index contributed by atoms with van der Waals surface area (Å²) >= 11 is 0. The predicted molar refractivity (Wildman–Crippen MR) is 71.9 cm³/mol. The minimum Gasteiger partial charge on any atom is -0.490 e. The van der Waals surface area contributed by atoms with Crippen molar-refractivity contribution >= 4 is 11.6 Å². The number of para-hydroxylation sites is 2. The van der Waals surface area contributed by atoms with Gasteiger partial charge in [0.15, 0.2) is 0 Å². The third-order valence-electron chi connectivity index (χ3n) is 2.62. The minimum absolute atomic E-state index is 0.176. The summed E-state index contributed by atoms with van der Waals surface area (Å²) in [4.78, 5) is 11.8. The van der Waals surface area contributed by atoms with Crippen molar-refractivity contribution < 1.29 is 9.53 Å². The molecule has 19 heavy (non-hydrogen) atoms. The fourth-order valence-electron chi connectivity index (χ4n) is 1.62. The Balaban J connectivity index is 1.77. The SMILES string of the molecule is Cn1nccc1C(=O)NCCOc1ccccc1N. The van der Waals surface area contributed by atoms with E-state index in [2.05, 4.69) is 10.4 Å². The van der Waals surface area contributed by atoms with Crippen LogP contribution in [0.15, 0.2) is 36.5 Å². The lowest BCUT2D eigenvalue weighted by Gasteiger charge is -2.09. The summed E-state index contributed by atoms with van der Waals surface area (Å²) in [5, 5.41) is 6.68.